The first kappa shape index (κ1) is 41.4. The van der Waals surface area contributed by atoms with Gasteiger partial charge in [0.25, 0.3) is 0 Å². The molecule has 51 heavy (non-hydrogen) atoms. The summed E-state index contributed by atoms with van der Waals surface area (Å²) in [4.78, 5) is 40.0. The molecule has 0 bridgehead atoms. The second-order valence-corrected chi connectivity index (χ2v) is 12.7. The molecule has 1 saturated heterocycles. The summed E-state index contributed by atoms with van der Waals surface area (Å²) in [5.74, 6) is -5.98. The molecular formula is C34H32F3N4NaO8S. The molecule has 0 radical (unpaired) electrons. The molecule has 0 saturated carbocycles. The first-order valence-corrected chi connectivity index (χ1v) is 16.2. The molecule has 264 valence electrons. The number of hydrogen-bond acceptors (Lipinski definition) is 12. The Hall–Kier alpha value is -3.98. The number of aliphatic carboxylic acids is 1. The maximum absolute atomic E-state index is 15.6. The number of nitriles is 1. The Morgan fingerprint density at radius 2 is 1.90 bits per heavy atom. The summed E-state index contributed by atoms with van der Waals surface area (Å²) in [7, 11) is 0. The van der Waals surface area contributed by atoms with Crippen LogP contribution in [-0.4, -0.2) is 68.8 Å². The first-order valence-electron chi connectivity index (χ1n) is 15.2. The maximum Gasteiger partial charge on any atom is 1.00 e. The molecule has 4 rings (SSSR count). The predicted molar refractivity (Wildman–Crippen MR) is 170 cm³/mol. The van der Waals surface area contributed by atoms with E-state index in [2.05, 4.69) is 10.1 Å². The number of carbonyl (C=O) groups excluding carboxylic acids is 3. The van der Waals surface area contributed by atoms with Gasteiger partial charge >= 0.3 is 41.5 Å². The van der Waals surface area contributed by atoms with Gasteiger partial charge in [0.15, 0.2) is 11.9 Å². The minimum absolute atomic E-state index is 0. The molecule has 3 unspecified atom stereocenters. The van der Waals surface area contributed by atoms with Crippen LogP contribution in [0.4, 0.5) is 13.2 Å². The number of carboxylic acid groups (broad SMARTS) is 1. The predicted octanol–water partition coefficient (Wildman–Crippen LogP) is 0.604. The summed E-state index contributed by atoms with van der Waals surface area (Å²) in [5.41, 5.74) is -1.53. The van der Waals surface area contributed by atoms with Gasteiger partial charge in [-0.25, -0.2) is 22.8 Å². The molecule has 2 aromatic carbocycles. The fourth-order valence-corrected chi connectivity index (χ4v) is 6.41. The summed E-state index contributed by atoms with van der Waals surface area (Å²) in [6.45, 7) is 2.72. The molecule has 0 amide bonds. The van der Waals surface area contributed by atoms with Crippen molar-refractivity contribution in [2.24, 2.45) is 0 Å². The Kier molecular flexibility index (Phi) is 15.9. The van der Waals surface area contributed by atoms with Crippen LogP contribution in [0.15, 0.2) is 67.3 Å². The number of rotatable bonds is 15. The molecular weight excluding hydrogens is 704 g/mol. The number of allylic oxidation sites excluding steroid dienone is 2. The number of hydrogen-bond donors (Lipinski definition) is 0. The van der Waals surface area contributed by atoms with Crippen molar-refractivity contribution in [2.45, 2.75) is 61.7 Å². The molecule has 17 heteroatoms. The quantitative estimate of drug-likeness (QED) is 0.121. The molecule has 12 nitrogen and oxygen atoms in total. The Labute approximate surface area is 317 Å². The van der Waals surface area contributed by atoms with Crippen LogP contribution in [-0.2, 0) is 45.5 Å². The summed E-state index contributed by atoms with van der Waals surface area (Å²) in [5, 5.41) is 23.3. The summed E-state index contributed by atoms with van der Waals surface area (Å²) >= 11 is 1.24. The summed E-state index contributed by atoms with van der Waals surface area (Å²) in [6, 6.07) is 8.82. The van der Waals surface area contributed by atoms with E-state index in [1.807, 2.05) is 6.07 Å². The van der Waals surface area contributed by atoms with E-state index in [4.69, 9.17) is 24.2 Å². The third-order valence-electron chi connectivity index (χ3n) is 7.46. The molecule has 3 aromatic rings. The van der Waals surface area contributed by atoms with Gasteiger partial charge in [0, 0.05) is 42.2 Å². The zero-order chi connectivity index (χ0) is 36.3. The van der Waals surface area contributed by atoms with E-state index in [1.165, 1.54) is 47.3 Å². The van der Waals surface area contributed by atoms with Gasteiger partial charge < -0.3 is 28.8 Å². The first-order chi connectivity index (χ1) is 23.9. The molecule has 1 aliphatic rings. The second-order valence-electron chi connectivity index (χ2n) is 11.1. The van der Waals surface area contributed by atoms with E-state index in [0.717, 1.165) is 25.1 Å². The molecule has 0 aliphatic carbocycles. The molecule has 0 N–H and O–H groups in total. The third kappa shape index (κ3) is 11.8. The van der Waals surface area contributed by atoms with E-state index in [-0.39, 0.29) is 65.7 Å². The third-order valence-corrected chi connectivity index (χ3v) is 8.91. The van der Waals surface area contributed by atoms with Crippen LogP contribution >= 0.6 is 11.8 Å². The van der Waals surface area contributed by atoms with E-state index >= 15 is 4.39 Å². The van der Waals surface area contributed by atoms with Gasteiger partial charge in [-0.3, -0.25) is 9.59 Å². The Morgan fingerprint density at radius 3 is 2.51 bits per heavy atom. The van der Waals surface area contributed by atoms with E-state index in [0.29, 0.717) is 11.6 Å². The fraction of sp³-hybridized carbons (Fsp3) is 0.353. The van der Waals surface area contributed by atoms with Crippen molar-refractivity contribution in [1.82, 2.24) is 14.8 Å². The SMILES string of the molecule is CC(=O)OC(CCC(=O)OC(Cn1cncn1)(c1ccc(F)cc1F)C(C)SC1COC(/C=C/C=C/c2ccc(C#N)cc2F)OC1)C(=O)[O-].[Na+]. The zero-order valence-electron chi connectivity index (χ0n) is 27.9. The van der Waals surface area contributed by atoms with Crippen LogP contribution in [0.1, 0.15) is 43.4 Å². The number of esters is 2. The monoisotopic (exact) mass is 736 g/mol. The number of nitrogens with zero attached hydrogens (tertiary/aromatic N) is 4. The smallest absolute Gasteiger partial charge is 0.546 e. The van der Waals surface area contributed by atoms with Crippen LogP contribution in [0.5, 0.6) is 0 Å². The average Bonchev–Trinajstić information content (AvgIpc) is 3.58. The van der Waals surface area contributed by atoms with E-state index in [1.54, 1.807) is 25.2 Å². The van der Waals surface area contributed by atoms with Crippen molar-refractivity contribution < 1.29 is 81.2 Å². The second kappa shape index (κ2) is 19.6. The Bertz CT molecular complexity index is 1770. The van der Waals surface area contributed by atoms with Gasteiger partial charge in [-0.05, 0) is 37.3 Å². The average molecular weight is 737 g/mol. The van der Waals surface area contributed by atoms with Crippen LogP contribution in [0.2, 0.25) is 0 Å². The largest absolute Gasteiger partial charge is 1.00 e. The molecule has 2 heterocycles. The fourth-order valence-electron chi connectivity index (χ4n) is 5.05. The van der Waals surface area contributed by atoms with Crippen molar-refractivity contribution >= 4 is 35.7 Å². The molecule has 0 spiro atoms. The van der Waals surface area contributed by atoms with Crippen molar-refractivity contribution in [3.8, 4) is 6.07 Å². The summed E-state index contributed by atoms with van der Waals surface area (Å²) < 4.78 is 67.4. The minimum atomic E-state index is -1.85. The van der Waals surface area contributed by atoms with Gasteiger partial charge in [0.1, 0.15) is 36.2 Å². The van der Waals surface area contributed by atoms with Gasteiger partial charge in [0.2, 0.25) is 0 Å². The number of ether oxygens (including phenoxy) is 4. The van der Waals surface area contributed by atoms with Crippen molar-refractivity contribution in [3.63, 3.8) is 0 Å². The maximum atomic E-state index is 15.6. The Morgan fingerprint density at radius 1 is 1.16 bits per heavy atom. The minimum Gasteiger partial charge on any atom is -0.546 e. The molecule has 3 atom stereocenters. The zero-order valence-corrected chi connectivity index (χ0v) is 30.7. The number of aromatic nitrogens is 3. The van der Waals surface area contributed by atoms with Crippen LogP contribution in [0.25, 0.3) is 6.08 Å². The Balaban J connectivity index is 0.00000702. The summed E-state index contributed by atoms with van der Waals surface area (Å²) in [6.07, 6.45) is 5.38. The van der Waals surface area contributed by atoms with Crippen molar-refractivity contribution in [3.05, 3.63) is 101 Å². The van der Waals surface area contributed by atoms with Crippen LogP contribution in [0.3, 0.4) is 0 Å². The van der Waals surface area contributed by atoms with E-state index < -0.39 is 71.4 Å². The van der Waals surface area contributed by atoms with Crippen LogP contribution in [0, 0.1) is 28.8 Å². The normalized spacial score (nSPS) is 18.3. The van der Waals surface area contributed by atoms with E-state index in [9.17, 15) is 28.3 Å². The number of carbonyl (C=O) groups is 3. The van der Waals surface area contributed by atoms with Gasteiger partial charge in [-0.1, -0.05) is 24.3 Å². The van der Waals surface area contributed by atoms with Gasteiger partial charge in [-0.2, -0.15) is 10.4 Å². The molecule has 1 aromatic heterocycles. The number of benzene rings is 2. The van der Waals surface area contributed by atoms with Crippen molar-refractivity contribution in [1.29, 1.82) is 5.26 Å². The topological polar surface area (TPSA) is 166 Å². The number of halogens is 3. The van der Waals surface area contributed by atoms with Gasteiger partial charge in [0.05, 0.1) is 42.6 Å². The molecule has 1 fully saturated rings. The standard InChI is InChI=1S/C34H33F3N4O8S.Na/c1-21(50-26-16-46-32(47-17-26)6-4-3-5-24-8-7-23(15-38)13-28(24)36)34(18-41-20-39-19-40-41,27-10-9-25(35)14-29(27)37)49-31(43)12-11-30(33(44)45)48-22(2)42;/h3-10,13-14,19-21,26,30,32H,11-12,16-18H2,1-2H3,(H,44,45);/q;+1/p-1/b5-3+,6-4+;. The van der Waals surface area contributed by atoms with Gasteiger partial charge in [-0.15, -0.1) is 11.8 Å². The van der Waals surface area contributed by atoms with Crippen molar-refractivity contribution in [2.75, 3.05) is 13.2 Å². The number of carboxylic acids is 1. The number of thioether (sulfide) groups is 1. The molecule has 1 aliphatic heterocycles. The van der Waals surface area contributed by atoms with Crippen LogP contribution < -0.4 is 34.7 Å².